The van der Waals surface area contributed by atoms with Crippen LogP contribution < -0.4 is 19.5 Å². The second-order valence-electron chi connectivity index (χ2n) is 5.78. The molecule has 0 radical (unpaired) electrons. The summed E-state index contributed by atoms with van der Waals surface area (Å²) in [6, 6.07) is 8.67. The van der Waals surface area contributed by atoms with E-state index in [0.717, 1.165) is 10.4 Å². The van der Waals surface area contributed by atoms with E-state index in [0.29, 0.717) is 0 Å². The Labute approximate surface area is 168 Å². The molecule has 0 spiro atoms. The molecule has 154 valence electrons. The zero-order valence-corrected chi connectivity index (χ0v) is 16.8. The van der Waals surface area contributed by atoms with Crippen molar-refractivity contribution in [3.63, 3.8) is 0 Å². The molecule has 3 N–H and O–H groups in total. The van der Waals surface area contributed by atoms with Crippen molar-refractivity contribution in [3.8, 4) is 11.5 Å². The number of aliphatic carboxylic acids is 1. The second-order valence-corrected chi connectivity index (χ2v) is 7.72. The van der Waals surface area contributed by atoms with Gasteiger partial charge in [-0.2, -0.15) is 0 Å². The van der Waals surface area contributed by atoms with Crippen LogP contribution in [0.3, 0.4) is 0 Å². The molecule has 0 aliphatic rings. The van der Waals surface area contributed by atoms with Crippen LogP contribution in [-0.4, -0.2) is 46.7 Å². The van der Waals surface area contributed by atoms with E-state index in [1.54, 1.807) is 12.1 Å². The smallest absolute Gasteiger partial charge is 0.328 e. The number of carboxylic acid groups (broad SMARTS) is 1. The number of amides is 1. The number of anilines is 1. The van der Waals surface area contributed by atoms with Crippen molar-refractivity contribution >= 4 is 33.7 Å². The number of nitrogens with zero attached hydrogens (tertiary/aromatic N) is 1. The number of ether oxygens (including phenoxy) is 2. The van der Waals surface area contributed by atoms with Crippen molar-refractivity contribution in [1.82, 2.24) is 0 Å². The Morgan fingerprint density at radius 2 is 1.79 bits per heavy atom. The van der Waals surface area contributed by atoms with E-state index in [-0.39, 0.29) is 33.2 Å². The minimum atomic E-state index is -4.25. The number of carbonyl (C=O) groups is 2. The maximum absolute atomic E-state index is 13.3. The molecule has 0 atom stereocenters. The van der Waals surface area contributed by atoms with Gasteiger partial charge in [0, 0.05) is 13.1 Å². The number of hydrogen-bond acceptors (Lipinski definition) is 6. The third kappa shape index (κ3) is 4.49. The minimum absolute atomic E-state index is 0.0198. The lowest BCUT2D eigenvalue weighted by atomic mass is 10.2. The van der Waals surface area contributed by atoms with Gasteiger partial charge < -0.3 is 20.3 Å². The number of methoxy groups -OCH3 is 2. The van der Waals surface area contributed by atoms with Crippen molar-refractivity contribution in [2.45, 2.75) is 4.90 Å². The van der Waals surface area contributed by atoms with Crippen molar-refractivity contribution in [2.24, 2.45) is 5.73 Å². The lowest BCUT2D eigenvalue weighted by Gasteiger charge is -2.23. The summed E-state index contributed by atoms with van der Waals surface area (Å²) in [4.78, 5) is 22.2. The van der Waals surface area contributed by atoms with Gasteiger partial charge in [0.15, 0.2) is 11.5 Å². The number of hydrogen-bond donors (Lipinski definition) is 2. The van der Waals surface area contributed by atoms with Gasteiger partial charge in [-0.05, 0) is 35.9 Å². The molecule has 2 aromatic rings. The van der Waals surface area contributed by atoms with Crippen molar-refractivity contribution in [1.29, 1.82) is 0 Å². The van der Waals surface area contributed by atoms with Gasteiger partial charge in [0.2, 0.25) is 0 Å². The molecule has 0 saturated heterocycles. The first-order valence-electron chi connectivity index (χ1n) is 8.18. The lowest BCUT2D eigenvalue weighted by molar-refractivity contribution is -0.131. The second kappa shape index (κ2) is 8.65. The molecule has 0 aliphatic carbocycles. The zero-order chi connectivity index (χ0) is 21.8. The highest BCUT2D eigenvalue weighted by molar-refractivity contribution is 7.93. The Bertz CT molecular complexity index is 1080. The number of carbonyl (C=O) groups excluding carboxylic acids is 1. The molecule has 0 unspecified atom stereocenters. The molecule has 1 amide bonds. The summed E-state index contributed by atoms with van der Waals surface area (Å²) >= 11 is 0. The van der Waals surface area contributed by atoms with Crippen LogP contribution in [0.15, 0.2) is 47.4 Å². The van der Waals surface area contributed by atoms with Crippen LogP contribution >= 0.6 is 0 Å². The number of sulfonamides is 1. The zero-order valence-electron chi connectivity index (χ0n) is 15.9. The van der Waals surface area contributed by atoms with E-state index in [1.807, 2.05) is 0 Å². The van der Waals surface area contributed by atoms with Crippen LogP contribution in [0.1, 0.15) is 15.9 Å². The van der Waals surface area contributed by atoms with Crippen molar-refractivity contribution in [3.05, 3.63) is 53.6 Å². The fraction of sp³-hybridized carbons (Fsp3) is 0.158. The quantitative estimate of drug-likeness (QED) is 0.621. The van der Waals surface area contributed by atoms with Gasteiger partial charge in [-0.3, -0.25) is 9.10 Å². The predicted octanol–water partition coefficient (Wildman–Crippen LogP) is 1.73. The van der Waals surface area contributed by atoms with Crippen molar-refractivity contribution < 1.29 is 32.6 Å². The maximum atomic E-state index is 13.3. The Balaban J connectivity index is 2.72. The molecule has 10 heteroatoms. The van der Waals surface area contributed by atoms with E-state index < -0.39 is 21.9 Å². The molecule has 0 saturated carbocycles. The fourth-order valence-corrected chi connectivity index (χ4v) is 4.06. The predicted molar refractivity (Wildman–Crippen MR) is 107 cm³/mol. The Morgan fingerprint density at radius 3 is 2.34 bits per heavy atom. The first-order valence-corrected chi connectivity index (χ1v) is 9.62. The summed E-state index contributed by atoms with van der Waals surface area (Å²) in [7, 11) is -0.375. The van der Waals surface area contributed by atoms with Gasteiger partial charge in [0.25, 0.3) is 15.9 Å². The summed E-state index contributed by atoms with van der Waals surface area (Å²) in [5, 5.41) is 8.84. The average Bonchev–Trinajstić information content (AvgIpc) is 2.70. The average molecular weight is 420 g/mol. The summed E-state index contributed by atoms with van der Waals surface area (Å²) in [5.74, 6) is -1.96. The summed E-state index contributed by atoms with van der Waals surface area (Å²) in [6.07, 6.45) is 2.09. The number of nitrogens with two attached hydrogens (primary N) is 1. The Hall–Kier alpha value is -3.53. The van der Waals surface area contributed by atoms with E-state index in [1.165, 1.54) is 51.6 Å². The Morgan fingerprint density at radius 1 is 1.14 bits per heavy atom. The van der Waals surface area contributed by atoms with Crippen LogP contribution in [0.4, 0.5) is 5.69 Å². The molecule has 2 rings (SSSR count). The van der Waals surface area contributed by atoms with Gasteiger partial charge in [0.05, 0.1) is 25.5 Å². The highest BCUT2D eigenvalue weighted by Gasteiger charge is 2.30. The fourth-order valence-electron chi connectivity index (χ4n) is 2.64. The molecule has 0 aromatic heterocycles. The third-order valence-corrected chi connectivity index (χ3v) is 5.81. The third-order valence-electron chi connectivity index (χ3n) is 4.03. The van der Waals surface area contributed by atoms with Crippen LogP contribution in [0.2, 0.25) is 0 Å². The Kier molecular flexibility index (Phi) is 6.49. The van der Waals surface area contributed by atoms with Crippen LogP contribution in [0.25, 0.3) is 6.08 Å². The van der Waals surface area contributed by atoms with E-state index in [9.17, 15) is 18.0 Å². The molecule has 0 heterocycles. The van der Waals surface area contributed by atoms with Gasteiger partial charge in [-0.15, -0.1) is 0 Å². The number of carboxylic acids is 1. The number of rotatable bonds is 8. The molecule has 0 aliphatic heterocycles. The van der Waals surface area contributed by atoms with E-state index in [4.69, 9.17) is 20.3 Å². The van der Waals surface area contributed by atoms with Crippen LogP contribution in [0, 0.1) is 0 Å². The first kappa shape index (κ1) is 21.8. The number of para-hydroxylation sites is 1. The summed E-state index contributed by atoms with van der Waals surface area (Å²) in [5.41, 5.74) is 5.72. The van der Waals surface area contributed by atoms with Crippen LogP contribution in [-0.2, 0) is 14.8 Å². The molecule has 9 nitrogen and oxygen atoms in total. The van der Waals surface area contributed by atoms with Gasteiger partial charge in [-0.1, -0.05) is 12.1 Å². The SMILES string of the molecule is COc1cc(C=CC(=O)O)cc(S(=O)(=O)N(C)c2ccccc2C(N)=O)c1OC. The minimum Gasteiger partial charge on any atom is -0.493 e. The van der Waals surface area contributed by atoms with Crippen molar-refractivity contribution in [2.75, 3.05) is 25.6 Å². The largest absolute Gasteiger partial charge is 0.493 e. The first-order chi connectivity index (χ1) is 13.6. The van der Waals surface area contributed by atoms with Gasteiger partial charge >= 0.3 is 5.97 Å². The molecular formula is C19H20N2O7S. The van der Waals surface area contributed by atoms with Gasteiger partial charge in [0.1, 0.15) is 4.90 Å². The summed E-state index contributed by atoms with van der Waals surface area (Å²) < 4.78 is 38.0. The van der Waals surface area contributed by atoms with Gasteiger partial charge in [-0.25, -0.2) is 13.2 Å². The molecule has 0 fully saturated rings. The maximum Gasteiger partial charge on any atom is 0.328 e. The molecule has 2 aromatic carbocycles. The molecule has 29 heavy (non-hydrogen) atoms. The van der Waals surface area contributed by atoms with Crippen LogP contribution in [0.5, 0.6) is 11.5 Å². The van der Waals surface area contributed by atoms with E-state index in [2.05, 4.69) is 0 Å². The lowest BCUT2D eigenvalue weighted by Crippen LogP contribution is -2.29. The standard InChI is InChI=1S/C19H20N2O7S/c1-21(14-7-5-4-6-13(14)19(20)24)29(25,26)16-11-12(8-9-17(22)23)10-15(27-2)18(16)28-3/h4-11H,1-3H3,(H2,20,24)(H,22,23). The number of primary amides is 1. The highest BCUT2D eigenvalue weighted by Crippen LogP contribution is 2.38. The topological polar surface area (TPSA) is 136 Å². The molecule has 0 bridgehead atoms. The normalized spacial score (nSPS) is 11.3. The monoisotopic (exact) mass is 420 g/mol. The summed E-state index contributed by atoms with van der Waals surface area (Å²) in [6.45, 7) is 0. The highest BCUT2D eigenvalue weighted by atomic mass is 32.2. The number of benzene rings is 2. The van der Waals surface area contributed by atoms with E-state index >= 15 is 0 Å². The molecular weight excluding hydrogens is 400 g/mol.